The van der Waals surface area contributed by atoms with Crippen molar-refractivity contribution in [3.8, 4) is 6.07 Å². The van der Waals surface area contributed by atoms with Crippen LogP contribution in [0.15, 0.2) is 29.2 Å². The number of ether oxygens (including phenoxy) is 1. The molecule has 4 rings (SSSR count). The average Bonchev–Trinajstić information content (AvgIpc) is 3.47. The van der Waals surface area contributed by atoms with E-state index in [1.54, 1.807) is 0 Å². The largest absolute Gasteiger partial charge is 0.425 e. The van der Waals surface area contributed by atoms with Crippen LogP contribution in [0.5, 0.6) is 0 Å². The topological polar surface area (TPSA) is 117 Å². The van der Waals surface area contributed by atoms with E-state index in [1.807, 2.05) is 6.07 Å². The van der Waals surface area contributed by atoms with Crippen LogP contribution in [-0.4, -0.2) is 48.9 Å². The number of sulfone groups is 1. The SMILES string of the molecule is N#CC1(NC(=O)O[C@H]2C[C@@H](S(=O)(=O)c3ccccc3C(F)(F)F)CN2C(=O)C2CCCCC2)CC1. The van der Waals surface area contributed by atoms with Gasteiger partial charge in [-0.3, -0.25) is 4.79 Å². The number of hydrogen-bond donors (Lipinski definition) is 1. The first-order valence-electron chi connectivity index (χ1n) is 11.6. The fourth-order valence-corrected chi connectivity index (χ4v) is 6.68. The van der Waals surface area contributed by atoms with Gasteiger partial charge in [0.25, 0.3) is 0 Å². The van der Waals surface area contributed by atoms with Gasteiger partial charge in [0, 0.05) is 18.9 Å². The molecule has 1 N–H and O–H groups in total. The Hall–Kier alpha value is -2.81. The molecule has 1 aromatic carbocycles. The average molecular weight is 514 g/mol. The molecule has 2 aliphatic carbocycles. The van der Waals surface area contributed by atoms with E-state index in [0.717, 1.165) is 31.4 Å². The van der Waals surface area contributed by atoms with Crippen molar-refractivity contribution in [1.82, 2.24) is 10.2 Å². The minimum absolute atomic E-state index is 0.361. The third-order valence-corrected chi connectivity index (χ3v) is 9.12. The van der Waals surface area contributed by atoms with Crippen molar-refractivity contribution >= 4 is 21.8 Å². The molecule has 190 valence electrons. The van der Waals surface area contributed by atoms with Gasteiger partial charge in [-0.25, -0.2) is 13.2 Å². The standard InChI is InChI=1S/C23H26F3N3O5S/c24-23(25,26)17-8-4-5-9-18(17)35(32,33)16-12-19(34-21(31)28-22(14-27)10-11-22)29(13-16)20(30)15-6-2-1-3-7-15/h4-5,8-9,15-16,19H,1-3,6-7,10-13H2,(H,28,31)/t16-,19+/m1/s1. The van der Waals surface area contributed by atoms with Gasteiger partial charge in [-0.1, -0.05) is 31.4 Å². The number of nitriles is 1. The van der Waals surface area contributed by atoms with Crippen LogP contribution in [0.25, 0.3) is 0 Å². The molecule has 35 heavy (non-hydrogen) atoms. The molecule has 2 saturated carbocycles. The van der Waals surface area contributed by atoms with Gasteiger partial charge >= 0.3 is 12.3 Å². The van der Waals surface area contributed by atoms with Crippen molar-refractivity contribution in [2.75, 3.05) is 6.54 Å². The molecule has 3 fully saturated rings. The Kier molecular flexibility index (Phi) is 6.74. The van der Waals surface area contributed by atoms with Gasteiger partial charge in [0.05, 0.1) is 21.8 Å². The third kappa shape index (κ3) is 5.24. The van der Waals surface area contributed by atoms with E-state index in [9.17, 15) is 36.4 Å². The van der Waals surface area contributed by atoms with Gasteiger partial charge < -0.3 is 15.0 Å². The number of carbonyl (C=O) groups is 2. The molecule has 3 aliphatic rings. The van der Waals surface area contributed by atoms with E-state index < -0.39 is 49.6 Å². The van der Waals surface area contributed by atoms with Crippen LogP contribution in [-0.2, 0) is 25.5 Å². The Morgan fingerprint density at radius 2 is 1.80 bits per heavy atom. The molecule has 0 spiro atoms. The first-order valence-corrected chi connectivity index (χ1v) is 13.1. The maximum atomic E-state index is 13.5. The molecular formula is C23H26F3N3O5S. The summed E-state index contributed by atoms with van der Waals surface area (Å²) in [5, 5.41) is 10.2. The highest BCUT2D eigenvalue weighted by molar-refractivity contribution is 7.92. The van der Waals surface area contributed by atoms with Crippen molar-refractivity contribution in [2.45, 2.75) is 79.5 Å². The van der Waals surface area contributed by atoms with Gasteiger partial charge in [0.15, 0.2) is 16.1 Å². The number of halogens is 3. The Morgan fingerprint density at radius 1 is 1.14 bits per heavy atom. The molecule has 2 atom stereocenters. The van der Waals surface area contributed by atoms with Crippen LogP contribution in [0.4, 0.5) is 18.0 Å². The van der Waals surface area contributed by atoms with E-state index in [1.165, 1.54) is 11.0 Å². The zero-order chi connectivity index (χ0) is 25.4. The predicted molar refractivity (Wildman–Crippen MR) is 116 cm³/mol. The normalized spacial score (nSPS) is 24.5. The first kappa shape index (κ1) is 25.3. The molecule has 1 aliphatic heterocycles. The molecule has 1 saturated heterocycles. The number of alkyl halides is 3. The first-order chi connectivity index (χ1) is 16.5. The molecule has 0 unspecified atom stereocenters. The lowest BCUT2D eigenvalue weighted by Gasteiger charge is -2.30. The molecule has 0 aromatic heterocycles. The Balaban J connectivity index is 1.60. The van der Waals surface area contributed by atoms with Gasteiger partial charge in [0.2, 0.25) is 5.91 Å². The van der Waals surface area contributed by atoms with Crippen molar-refractivity contribution in [1.29, 1.82) is 5.26 Å². The molecular weight excluding hydrogens is 487 g/mol. The second kappa shape index (κ2) is 9.33. The van der Waals surface area contributed by atoms with E-state index >= 15 is 0 Å². The summed E-state index contributed by atoms with van der Waals surface area (Å²) in [6, 6.07) is 5.89. The summed E-state index contributed by atoms with van der Waals surface area (Å²) < 4.78 is 72.6. The van der Waals surface area contributed by atoms with Crippen molar-refractivity contribution in [2.24, 2.45) is 5.92 Å². The van der Waals surface area contributed by atoms with E-state index in [0.29, 0.717) is 31.7 Å². The highest BCUT2D eigenvalue weighted by Crippen LogP contribution is 2.39. The summed E-state index contributed by atoms with van der Waals surface area (Å²) in [7, 11) is -4.52. The summed E-state index contributed by atoms with van der Waals surface area (Å²) in [5.74, 6) is -0.735. The van der Waals surface area contributed by atoms with E-state index in [-0.39, 0.29) is 24.8 Å². The van der Waals surface area contributed by atoms with Crippen LogP contribution in [0.1, 0.15) is 56.9 Å². The van der Waals surface area contributed by atoms with E-state index in [4.69, 9.17) is 4.74 Å². The van der Waals surface area contributed by atoms with Crippen LogP contribution < -0.4 is 5.32 Å². The number of nitrogens with zero attached hydrogens (tertiary/aromatic N) is 2. The molecule has 0 radical (unpaired) electrons. The monoisotopic (exact) mass is 513 g/mol. The molecule has 8 nitrogen and oxygen atoms in total. The number of rotatable bonds is 5. The summed E-state index contributed by atoms with van der Waals surface area (Å²) >= 11 is 0. The number of benzene rings is 1. The molecule has 0 bridgehead atoms. The Bertz CT molecular complexity index is 1140. The quantitative estimate of drug-likeness (QED) is 0.641. The number of carbonyl (C=O) groups excluding carboxylic acids is 2. The fourth-order valence-electron chi connectivity index (χ4n) is 4.78. The summed E-state index contributed by atoms with van der Waals surface area (Å²) in [5.41, 5.74) is -2.32. The van der Waals surface area contributed by atoms with Gasteiger partial charge in [-0.05, 0) is 37.8 Å². The van der Waals surface area contributed by atoms with Crippen molar-refractivity contribution < 1.29 is 35.9 Å². The lowest BCUT2D eigenvalue weighted by Crippen LogP contribution is -2.45. The number of nitrogens with one attached hydrogen (secondary N) is 1. The molecule has 12 heteroatoms. The zero-order valence-corrected chi connectivity index (χ0v) is 19.7. The highest BCUT2D eigenvalue weighted by atomic mass is 32.2. The molecule has 2 amide bonds. The van der Waals surface area contributed by atoms with Crippen molar-refractivity contribution in [3.63, 3.8) is 0 Å². The maximum absolute atomic E-state index is 13.5. The van der Waals surface area contributed by atoms with Gasteiger partial charge in [0.1, 0.15) is 5.54 Å². The maximum Gasteiger partial charge on any atom is 0.417 e. The van der Waals surface area contributed by atoms with Crippen LogP contribution >= 0.6 is 0 Å². The lowest BCUT2D eigenvalue weighted by atomic mass is 9.88. The fraction of sp³-hybridized carbons (Fsp3) is 0.609. The van der Waals surface area contributed by atoms with E-state index in [2.05, 4.69) is 5.32 Å². The highest BCUT2D eigenvalue weighted by Gasteiger charge is 2.49. The summed E-state index contributed by atoms with van der Waals surface area (Å²) in [6.45, 7) is -0.384. The zero-order valence-electron chi connectivity index (χ0n) is 18.9. The van der Waals surface area contributed by atoms with Gasteiger partial charge in [-0.2, -0.15) is 18.4 Å². The smallest absolute Gasteiger partial charge is 0.417 e. The number of amides is 2. The number of likely N-dealkylation sites (tertiary alicyclic amines) is 1. The third-order valence-electron chi connectivity index (χ3n) is 6.94. The predicted octanol–water partition coefficient (Wildman–Crippen LogP) is 3.77. The minimum atomic E-state index is -4.88. The lowest BCUT2D eigenvalue weighted by molar-refractivity contribution is -0.143. The summed E-state index contributed by atoms with van der Waals surface area (Å²) in [4.78, 5) is 26.0. The molecule has 1 heterocycles. The molecule has 1 aromatic rings. The van der Waals surface area contributed by atoms with Crippen LogP contribution in [0.2, 0.25) is 0 Å². The minimum Gasteiger partial charge on any atom is -0.425 e. The second-order valence-corrected chi connectivity index (χ2v) is 11.6. The number of hydrogen-bond acceptors (Lipinski definition) is 6. The van der Waals surface area contributed by atoms with Crippen LogP contribution in [0.3, 0.4) is 0 Å². The van der Waals surface area contributed by atoms with Crippen molar-refractivity contribution in [3.05, 3.63) is 29.8 Å². The second-order valence-electron chi connectivity index (χ2n) is 9.40. The van der Waals surface area contributed by atoms with Gasteiger partial charge in [-0.15, -0.1) is 0 Å². The Morgan fingerprint density at radius 3 is 2.40 bits per heavy atom. The summed E-state index contributed by atoms with van der Waals surface area (Å²) in [6.07, 6.45) is -2.72. The van der Waals surface area contributed by atoms with Crippen LogP contribution in [0, 0.1) is 17.2 Å². The Labute approximate surface area is 201 Å². The number of alkyl carbamates (subject to hydrolysis) is 1.